The van der Waals surface area contributed by atoms with Gasteiger partial charge in [0.15, 0.2) is 6.10 Å². The van der Waals surface area contributed by atoms with Crippen LogP contribution in [0.2, 0.25) is 0 Å². The molecule has 0 aromatic heterocycles. The van der Waals surface area contributed by atoms with Crippen LogP contribution in [-0.2, 0) is 28.6 Å². The summed E-state index contributed by atoms with van der Waals surface area (Å²) in [5.41, 5.74) is 0. The second-order valence-corrected chi connectivity index (χ2v) is 15.0. The molecule has 0 saturated heterocycles. The van der Waals surface area contributed by atoms with E-state index in [1.54, 1.807) is 0 Å². The van der Waals surface area contributed by atoms with Gasteiger partial charge in [0.2, 0.25) is 0 Å². The summed E-state index contributed by atoms with van der Waals surface area (Å²) in [7, 11) is 0. The molecule has 0 bridgehead atoms. The summed E-state index contributed by atoms with van der Waals surface area (Å²) in [4.78, 5) is 37.6. The Morgan fingerprint density at radius 3 is 1.27 bits per heavy atom. The van der Waals surface area contributed by atoms with Crippen molar-refractivity contribution in [3.05, 3.63) is 60.8 Å². The van der Waals surface area contributed by atoms with E-state index in [-0.39, 0.29) is 31.1 Å². The monoisotopic (exact) mass is 769 g/mol. The average Bonchev–Trinajstić information content (AvgIpc) is 3.18. The van der Waals surface area contributed by atoms with Crippen LogP contribution in [0.4, 0.5) is 0 Å². The maximum atomic E-state index is 12.7. The lowest BCUT2D eigenvalue weighted by Crippen LogP contribution is -2.30. The van der Waals surface area contributed by atoms with E-state index in [0.29, 0.717) is 19.3 Å². The van der Waals surface area contributed by atoms with E-state index in [4.69, 9.17) is 14.2 Å². The Hall–Kier alpha value is -2.89. The number of hydrogen-bond acceptors (Lipinski definition) is 6. The van der Waals surface area contributed by atoms with Gasteiger partial charge in [-0.1, -0.05) is 184 Å². The topological polar surface area (TPSA) is 78.9 Å². The summed E-state index contributed by atoms with van der Waals surface area (Å²) < 4.78 is 16.6. The van der Waals surface area contributed by atoms with E-state index in [0.717, 1.165) is 89.9 Å². The molecule has 0 aromatic carbocycles. The predicted octanol–water partition coefficient (Wildman–Crippen LogP) is 14.5. The number of hydrogen-bond donors (Lipinski definition) is 0. The fourth-order valence-corrected chi connectivity index (χ4v) is 6.13. The third kappa shape index (κ3) is 42.1. The smallest absolute Gasteiger partial charge is 0.306 e. The molecule has 0 saturated carbocycles. The lowest BCUT2D eigenvalue weighted by molar-refractivity contribution is -0.167. The van der Waals surface area contributed by atoms with Crippen LogP contribution in [0.15, 0.2) is 60.8 Å². The number of carbonyl (C=O) groups excluding carboxylic acids is 3. The van der Waals surface area contributed by atoms with Crippen molar-refractivity contribution in [2.45, 2.75) is 219 Å². The van der Waals surface area contributed by atoms with Crippen LogP contribution in [0, 0.1) is 0 Å². The lowest BCUT2D eigenvalue weighted by Gasteiger charge is -2.18. The molecule has 6 nitrogen and oxygen atoms in total. The van der Waals surface area contributed by atoms with Crippen molar-refractivity contribution in [3.8, 4) is 0 Å². The Morgan fingerprint density at radius 2 is 0.782 bits per heavy atom. The normalized spacial score (nSPS) is 12.6. The number of ether oxygens (including phenoxy) is 3. The van der Waals surface area contributed by atoms with Gasteiger partial charge in [0.1, 0.15) is 13.2 Å². The van der Waals surface area contributed by atoms with Crippen LogP contribution in [0.5, 0.6) is 0 Å². The first-order valence-electron chi connectivity index (χ1n) is 22.8. The summed E-state index contributed by atoms with van der Waals surface area (Å²) in [6.07, 6.45) is 52.1. The Kier molecular flexibility index (Phi) is 41.5. The Bertz CT molecular complexity index is 1020. The van der Waals surface area contributed by atoms with Crippen molar-refractivity contribution in [2.24, 2.45) is 0 Å². The molecule has 0 amide bonds. The van der Waals surface area contributed by atoms with Gasteiger partial charge < -0.3 is 14.2 Å². The van der Waals surface area contributed by atoms with Crippen molar-refractivity contribution in [3.63, 3.8) is 0 Å². The summed E-state index contributed by atoms with van der Waals surface area (Å²) in [6.45, 7) is 6.42. The Labute approximate surface area is 339 Å². The minimum absolute atomic E-state index is 0.0945. The van der Waals surface area contributed by atoms with Crippen molar-refractivity contribution < 1.29 is 28.6 Å². The number of carbonyl (C=O) groups is 3. The van der Waals surface area contributed by atoms with Crippen LogP contribution in [0.25, 0.3) is 0 Å². The fourth-order valence-electron chi connectivity index (χ4n) is 6.13. The molecule has 0 fully saturated rings. The number of esters is 3. The number of allylic oxidation sites excluding steroid dienone is 10. The number of rotatable bonds is 40. The Morgan fingerprint density at radius 1 is 0.400 bits per heavy atom. The van der Waals surface area contributed by atoms with E-state index < -0.39 is 6.10 Å². The highest BCUT2D eigenvalue weighted by atomic mass is 16.6. The van der Waals surface area contributed by atoms with Gasteiger partial charge in [0.25, 0.3) is 0 Å². The van der Waals surface area contributed by atoms with Crippen LogP contribution < -0.4 is 0 Å². The highest BCUT2D eigenvalue weighted by Crippen LogP contribution is 2.13. The van der Waals surface area contributed by atoms with Crippen LogP contribution in [0.1, 0.15) is 213 Å². The molecule has 6 heteroatoms. The van der Waals surface area contributed by atoms with Crippen LogP contribution in [0.3, 0.4) is 0 Å². The summed E-state index contributed by atoms with van der Waals surface area (Å²) in [5, 5.41) is 0. The van der Waals surface area contributed by atoms with Gasteiger partial charge >= 0.3 is 17.9 Å². The van der Waals surface area contributed by atoms with E-state index in [1.165, 1.54) is 83.5 Å². The van der Waals surface area contributed by atoms with E-state index in [1.807, 2.05) is 0 Å². The van der Waals surface area contributed by atoms with Crippen LogP contribution >= 0.6 is 0 Å². The third-order valence-electron chi connectivity index (χ3n) is 9.57. The molecule has 0 aliphatic carbocycles. The van der Waals surface area contributed by atoms with E-state index >= 15 is 0 Å². The standard InChI is InChI=1S/C49H84O6/c1-4-7-10-13-16-19-21-22-23-24-25-26-27-28-31-33-36-39-42-48(51)54-45-46(44-53-47(50)41-38-35-32-29-18-15-12-9-6-3)55-49(52)43-40-37-34-30-20-17-14-11-8-5-2/h9,12,18,21-26,29,46H,4-8,10-11,13-17,19-20,27-28,30-45H2,1-3H3/b12-9-,22-21-,24-23-,26-25-,29-18-. The first kappa shape index (κ1) is 52.1. The molecular formula is C49H84O6. The minimum atomic E-state index is -0.790. The molecule has 0 radical (unpaired) electrons. The molecule has 0 heterocycles. The third-order valence-corrected chi connectivity index (χ3v) is 9.57. The highest BCUT2D eigenvalue weighted by Gasteiger charge is 2.19. The Balaban J connectivity index is 4.37. The van der Waals surface area contributed by atoms with Crippen LogP contribution in [-0.4, -0.2) is 37.2 Å². The predicted molar refractivity (Wildman–Crippen MR) is 233 cm³/mol. The van der Waals surface area contributed by atoms with E-state index in [2.05, 4.69) is 81.5 Å². The average molecular weight is 769 g/mol. The van der Waals surface area contributed by atoms with Gasteiger partial charge in [-0.05, 0) is 70.6 Å². The van der Waals surface area contributed by atoms with Gasteiger partial charge in [0.05, 0.1) is 0 Å². The van der Waals surface area contributed by atoms with Gasteiger partial charge in [-0.15, -0.1) is 0 Å². The van der Waals surface area contributed by atoms with Gasteiger partial charge in [-0.25, -0.2) is 0 Å². The van der Waals surface area contributed by atoms with Crippen molar-refractivity contribution >= 4 is 17.9 Å². The van der Waals surface area contributed by atoms with Gasteiger partial charge in [-0.3, -0.25) is 14.4 Å². The molecule has 0 spiro atoms. The molecule has 0 N–H and O–H groups in total. The summed E-state index contributed by atoms with van der Waals surface area (Å²) >= 11 is 0. The molecule has 0 aliphatic rings. The lowest BCUT2D eigenvalue weighted by atomic mass is 10.1. The zero-order valence-electron chi connectivity index (χ0n) is 35.9. The van der Waals surface area contributed by atoms with Crippen molar-refractivity contribution in [2.75, 3.05) is 13.2 Å². The molecule has 0 aliphatic heterocycles. The second kappa shape index (κ2) is 43.8. The molecule has 1 atom stereocenters. The quantitative estimate of drug-likeness (QED) is 0.0203. The summed E-state index contributed by atoms with van der Waals surface area (Å²) in [6, 6.07) is 0. The second-order valence-electron chi connectivity index (χ2n) is 15.0. The van der Waals surface area contributed by atoms with Crippen molar-refractivity contribution in [1.82, 2.24) is 0 Å². The minimum Gasteiger partial charge on any atom is -0.462 e. The van der Waals surface area contributed by atoms with Crippen molar-refractivity contribution in [1.29, 1.82) is 0 Å². The highest BCUT2D eigenvalue weighted by molar-refractivity contribution is 5.71. The summed E-state index contributed by atoms with van der Waals surface area (Å²) in [5.74, 6) is -0.955. The van der Waals surface area contributed by atoms with E-state index in [9.17, 15) is 14.4 Å². The SMILES string of the molecule is CC/C=C\C/C=C\CCCCC(=O)OCC(COC(=O)CCCCCCC\C=C/C=C\C=C/CCCCCCC)OC(=O)CCCCCCCCCCCC. The van der Waals surface area contributed by atoms with Gasteiger partial charge in [0, 0.05) is 19.3 Å². The van der Waals surface area contributed by atoms with Gasteiger partial charge in [-0.2, -0.15) is 0 Å². The molecule has 55 heavy (non-hydrogen) atoms. The molecular weight excluding hydrogens is 685 g/mol. The fraction of sp³-hybridized carbons (Fsp3) is 0.735. The molecule has 0 rings (SSSR count). The maximum absolute atomic E-state index is 12.7. The molecule has 0 aromatic rings. The zero-order valence-corrected chi connectivity index (χ0v) is 35.9. The first-order valence-corrected chi connectivity index (χ1v) is 22.8. The first-order chi connectivity index (χ1) is 27.0. The molecule has 316 valence electrons. The number of unbranched alkanes of at least 4 members (excludes halogenated alkanes) is 21. The molecule has 1 unspecified atom stereocenters. The largest absolute Gasteiger partial charge is 0.462 e. The zero-order chi connectivity index (χ0) is 40.1. The maximum Gasteiger partial charge on any atom is 0.306 e.